The molecule has 0 spiro atoms. The number of aliphatic hydroxyl groups excluding tert-OH is 1. The van der Waals surface area contributed by atoms with Gasteiger partial charge in [0.1, 0.15) is 0 Å². The van der Waals surface area contributed by atoms with Crippen molar-refractivity contribution in [3.8, 4) is 0 Å². The molecule has 0 aliphatic heterocycles. The van der Waals surface area contributed by atoms with Crippen LogP contribution in [0.4, 0.5) is 0 Å². The minimum Gasteiger partial charge on any atom is -0.391 e. The maximum absolute atomic E-state index is 11.3. The van der Waals surface area contributed by atoms with Crippen LogP contribution in [0.25, 0.3) is 0 Å². The highest BCUT2D eigenvalue weighted by Crippen LogP contribution is 2.32. The molecule has 0 saturated heterocycles. The average Bonchev–Trinajstić information content (AvgIpc) is 2.94. The lowest BCUT2D eigenvalue weighted by Gasteiger charge is -2.10. The molecule has 1 saturated carbocycles. The monoisotopic (exact) mass is 194 g/mol. The zero-order chi connectivity index (χ0) is 10.1. The van der Waals surface area contributed by atoms with Crippen LogP contribution in [0.1, 0.15) is 18.5 Å². The van der Waals surface area contributed by atoms with E-state index in [1.54, 1.807) is 6.07 Å². The van der Waals surface area contributed by atoms with E-state index in [4.69, 9.17) is 0 Å². The Kier molecular flexibility index (Phi) is 2.37. The molecule has 0 amide bonds. The lowest BCUT2D eigenvalue weighted by Crippen LogP contribution is -2.29. The van der Waals surface area contributed by atoms with Crippen molar-refractivity contribution in [1.29, 1.82) is 0 Å². The first-order chi connectivity index (χ1) is 6.66. The Hall–Kier alpha value is -1.16. The third-order valence-electron chi connectivity index (χ3n) is 2.53. The van der Waals surface area contributed by atoms with Gasteiger partial charge in [-0.1, -0.05) is 0 Å². The van der Waals surface area contributed by atoms with E-state index < -0.39 is 6.10 Å². The Balaban J connectivity index is 2.14. The predicted octanol–water partition coefficient (Wildman–Crippen LogP) is 0.323. The highest BCUT2D eigenvalue weighted by atomic mass is 16.3. The molecule has 1 unspecified atom stereocenters. The predicted molar refractivity (Wildman–Crippen MR) is 52.0 cm³/mol. The molecule has 0 radical (unpaired) electrons. The molecular formula is C10H14N2O2. The average molecular weight is 194 g/mol. The van der Waals surface area contributed by atoms with Gasteiger partial charge in [0, 0.05) is 6.07 Å². The first-order valence-corrected chi connectivity index (χ1v) is 4.89. The normalized spacial score (nSPS) is 18.1. The number of hydrogen-bond donors (Lipinski definition) is 1. The third-order valence-corrected chi connectivity index (χ3v) is 2.53. The van der Waals surface area contributed by atoms with Crippen LogP contribution in [-0.4, -0.2) is 21.0 Å². The summed E-state index contributed by atoms with van der Waals surface area (Å²) in [7, 11) is 0. The van der Waals surface area contributed by atoms with E-state index in [0.29, 0.717) is 12.5 Å². The van der Waals surface area contributed by atoms with Crippen LogP contribution < -0.4 is 5.56 Å². The maximum atomic E-state index is 11.3. The summed E-state index contributed by atoms with van der Waals surface area (Å²) in [6.07, 6.45) is 1.73. The summed E-state index contributed by atoms with van der Waals surface area (Å²) >= 11 is 0. The Bertz CT molecular complexity index is 382. The van der Waals surface area contributed by atoms with E-state index in [1.807, 2.05) is 6.92 Å². The Morgan fingerprint density at radius 2 is 2.36 bits per heavy atom. The highest BCUT2D eigenvalue weighted by Gasteiger charge is 2.30. The van der Waals surface area contributed by atoms with Crippen LogP contribution in [0.15, 0.2) is 16.9 Å². The second-order valence-corrected chi connectivity index (χ2v) is 3.90. The van der Waals surface area contributed by atoms with Crippen LogP contribution in [0.2, 0.25) is 0 Å². The fourth-order valence-electron chi connectivity index (χ4n) is 1.49. The molecular weight excluding hydrogens is 180 g/mol. The number of nitrogens with zero attached hydrogens (tertiary/aromatic N) is 2. The summed E-state index contributed by atoms with van der Waals surface area (Å²) in [5, 5.41) is 13.7. The first-order valence-electron chi connectivity index (χ1n) is 4.89. The zero-order valence-corrected chi connectivity index (χ0v) is 8.18. The van der Waals surface area contributed by atoms with E-state index in [0.717, 1.165) is 18.5 Å². The van der Waals surface area contributed by atoms with Crippen molar-refractivity contribution >= 4 is 0 Å². The molecule has 1 aromatic heterocycles. The van der Waals surface area contributed by atoms with Gasteiger partial charge in [0.05, 0.1) is 18.3 Å². The summed E-state index contributed by atoms with van der Waals surface area (Å²) in [6, 6.07) is 3.17. The van der Waals surface area contributed by atoms with Gasteiger partial charge in [0.2, 0.25) is 0 Å². The van der Waals surface area contributed by atoms with E-state index in [1.165, 1.54) is 10.7 Å². The molecule has 2 rings (SSSR count). The van der Waals surface area contributed by atoms with Crippen molar-refractivity contribution in [2.75, 3.05) is 0 Å². The summed E-state index contributed by atoms with van der Waals surface area (Å²) in [6.45, 7) is 2.16. The maximum Gasteiger partial charge on any atom is 0.266 e. The first kappa shape index (κ1) is 9.40. The largest absolute Gasteiger partial charge is 0.391 e. The molecule has 14 heavy (non-hydrogen) atoms. The topological polar surface area (TPSA) is 55.1 Å². The molecule has 1 heterocycles. The third kappa shape index (κ3) is 2.01. The molecule has 4 heteroatoms. The number of rotatable bonds is 3. The summed E-state index contributed by atoms with van der Waals surface area (Å²) in [4.78, 5) is 11.3. The van der Waals surface area contributed by atoms with Crippen molar-refractivity contribution in [3.05, 3.63) is 28.2 Å². The van der Waals surface area contributed by atoms with Gasteiger partial charge in [-0.25, -0.2) is 4.68 Å². The van der Waals surface area contributed by atoms with Crippen molar-refractivity contribution in [1.82, 2.24) is 9.78 Å². The molecule has 76 valence electrons. The summed E-state index contributed by atoms with van der Waals surface area (Å²) in [5.41, 5.74) is 0.655. The van der Waals surface area contributed by atoms with Crippen molar-refractivity contribution in [2.24, 2.45) is 5.92 Å². The minimum absolute atomic E-state index is 0.143. The van der Waals surface area contributed by atoms with E-state index in [9.17, 15) is 9.90 Å². The second kappa shape index (κ2) is 3.53. The summed E-state index contributed by atoms with van der Waals surface area (Å²) < 4.78 is 1.35. The van der Waals surface area contributed by atoms with Gasteiger partial charge in [0.15, 0.2) is 0 Å². The SMILES string of the molecule is Cc1ccc(=O)n(CC(O)C2CC2)n1. The smallest absolute Gasteiger partial charge is 0.266 e. The molecule has 0 bridgehead atoms. The molecule has 1 aliphatic rings. The van der Waals surface area contributed by atoms with E-state index in [-0.39, 0.29) is 5.56 Å². The standard InChI is InChI=1S/C10H14N2O2/c1-7-2-5-10(14)12(11-7)6-9(13)8-3-4-8/h2,5,8-9,13H,3-4,6H2,1H3. The molecule has 4 nitrogen and oxygen atoms in total. The minimum atomic E-state index is -0.415. The van der Waals surface area contributed by atoms with Gasteiger partial charge in [-0.15, -0.1) is 0 Å². The number of aromatic nitrogens is 2. The van der Waals surface area contributed by atoms with Gasteiger partial charge in [-0.05, 0) is 31.7 Å². The highest BCUT2D eigenvalue weighted by molar-refractivity contribution is 4.97. The van der Waals surface area contributed by atoms with Crippen molar-refractivity contribution in [2.45, 2.75) is 32.4 Å². The molecule has 1 fully saturated rings. The van der Waals surface area contributed by atoms with Crippen LogP contribution in [0.3, 0.4) is 0 Å². The molecule has 1 N–H and O–H groups in total. The van der Waals surface area contributed by atoms with Gasteiger partial charge >= 0.3 is 0 Å². The van der Waals surface area contributed by atoms with Crippen LogP contribution in [-0.2, 0) is 6.54 Å². The van der Waals surface area contributed by atoms with E-state index >= 15 is 0 Å². The molecule has 1 aromatic rings. The van der Waals surface area contributed by atoms with Gasteiger partial charge in [0.25, 0.3) is 5.56 Å². The fourth-order valence-corrected chi connectivity index (χ4v) is 1.49. The van der Waals surface area contributed by atoms with Gasteiger partial charge < -0.3 is 5.11 Å². The summed E-state index contributed by atoms with van der Waals surface area (Å²) in [5.74, 6) is 0.379. The lowest BCUT2D eigenvalue weighted by molar-refractivity contribution is 0.125. The van der Waals surface area contributed by atoms with Crippen LogP contribution >= 0.6 is 0 Å². The van der Waals surface area contributed by atoms with Crippen molar-refractivity contribution in [3.63, 3.8) is 0 Å². The molecule has 0 aromatic carbocycles. The fraction of sp³-hybridized carbons (Fsp3) is 0.600. The Morgan fingerprint density at radius 1 is 1.64 bits per heavy atom. The Morgan fingerprint density at radius 3 is 3.00 bits per heavy atom. The quantitative estimate of drug-likeness (QED) is 0.754. The molecule has 1 aliphatic carbocycles. The van der Waals surface area contributed by atoms with Crippen LogP contribution in [0, 0.1) is 12.8 Å². The molecule has 1 atom stereocenters. The van der Waals surface area contributed by atoms with E-state index in [2.05, 4.69) is 5.10 Å². The lowest BCUT2D eigenvalue weighted by atomic mass is 10.2. The van der Waals surface area contributed by atoms with Gasteiger partial charge in [-0.3, -0.25) is 4.79 Å². The Labute approximate surface area is 82.2 Å². The number of hydrogen-bond acceptors (Lipinski definition) is 3. The second-order valence-electron chi connectivity index (χ2n) is 3.90. The van der Waals surface area contributed by atoms with Crippen LogP contribution in [0.5, 0.6) is 0 Å². The number of aliphatic hydroxyl groups is 1. The van der Waals surface area contributed by atoms with Gasteiger partial charge in [-0.2, -0.15) is 5.10 Å². The zero-order valence-electron chi connectivity index (χ0n) is 8.18. The number of aryl methyl sites for hydroxylation is 1. The van der Waals surface area contributed by atoms with Crippen molar-refractivity contribution < 1.29 is 5.11 Å².